The fourth-order valence-corrected chi connectivity index (χ4v) is 2.74. The molecule has 0 saturated carbocycles. The molecular formula is C15H24N2O3S. The maximum Gasteiger partial charge on any atom is 0.251 e. The van der Waals surface area contributed by atoms with Gasteiger partial charge >= 0.3 is 0 Å². The second-order valence-electron chi connectivity index (χ2n) is 5.36. The van der Waals surface area contributed by atoms with Gasteiger partial charge in [0.25, 0.3) is 5.91 Å². The van der Waals surface area contributed by atoms with Crippen LogP contribution in [0.2, 0.25) is 0 Å². The van der Waals surface area contributed by atoms with Crippen molar-refractivity contribution in [3.05, 3.63) is 29.8 Å². The number of hydrogen-bond acceptors (Lipinski definition) is 3. The molecule has 0 aliphatic carbocycles. The number of hydrogen-bond donors (Lipinski definition) is 2. The number of nitrogens with one attached hydrogen (secondary N) is 2. The van der Waals surface area contributed by atoms with Gasteiger partial charge in [0, 0.05) is 18.7 Å². The fourth-order valence-electron chi connectivity index (χ4n) is 1.69. The monoisotopic (exact) mass is 312 g/mol. The van der Waals surface area contributed by atoms with Crippen LogP contribution in [0.15, 0.2) is 29.2 Å². The number of rotatable bonds is 8. The molecule has 21 heavy (non-hydrogen) atoms. The van der Waals surface area contributed by atoms with E-state index < -0.39 is 10.0 Å². The second-order valence-corrected chi connectivity index (χ2v) is 7.13. The molecule has 0 unspecified atom stereocenters. The molecule has 6 heteroatoms. The minimum Gasteiger partial charge on any atom is -0.352 e. The van der Waals surface area contributed by atoms with Gasteiger partial charge in [0.2, 0.25) is 10.0 Å². The van der Waals surface area contributed by atoms with Crippen molar-refractivity contribution >= 4 is 15.9 Å². The summed E-state index contributed by atoms with van der Waals surface area (Å²) in [7, 11) is -3.50. The van der Waals surface area contributed by atoms with Gasteiger partial charge in [0.1, 0.15) is 0 Å². The molecule has 0 aliphatic heterocycles. The molecule has 0 bridgehead atoms. The lowest BCUT2D eigenvalue weighted by molar-refractivity contribution is 0.0953. The summed E-state index contributed by atoms with van der Waals surface area (Å²) in [4.78, 5) is 11.9. The molecule has 0 fully saturated rings. The largest absolute Gasteiger partial charge is 0.352 e. The van der Waals surface area contributed by atoms with Crippen molar-refractivity contribution in [3.8, 4) is 0 Å². The summed E-state index contributed by atoms with van der Waals surface area (Å²) >= 11 is 0. The van der Waals surface area contributed by atoms with Gasteiger partial charge in [-0.25, -0.2) is 13.1 Å². The highest BCUT2D eigenvalue weighted by atomic mass is 32.2. The smallest absolute Gasteiger partial charge is 0.251 e. The van der Waals surface area contributed by atoms with Gasteiger partial charge in [0.05, 0.1) is 4.90 Å². The Morgan fingerprint density at radius 1 is 1.14 bits per heavy atom. The van der Waals surface area contributed by atoms with Gasteiger partial charge in [-0.2, -0.15) is 0 Å². The van der Waals surface area contributed by atoms with E-state index in [-0.39, 0.29) is 10.8 Å². The van der Waals surface area contributed by atoms with Crippen molar-refractivity contribution < 1.29 is 13.2 Å². The maximum atomic E-state index is 12.1. The number of carbonyl (C=O) groups excluding carboxylic acids is 1. The van der Waals surface area contributed by atoms with E-state index in [2.05, 4.69) is 10.0 Å². The van der Waals surface area contributed by atoms with E-state index in [9.17, 15) is 13.2 Å². The lowest BCUT2D eigenvalue weighted by Gasteiger charge is -2.09. The molecule has 0 heterocycles. The van der Waals surface area contributed by atoms with Crippen LogP contribution in [0.1, 0.15) is 44.0 Å². The zero-order valence-corrected chi connectivity index (χ0v) is 13.7. The van der Waals surface area contributed by atoms with Crippen LogP contribution in [0.3, 0.4) is 0 Å². The van der Waals surface area contributed by atoms with Crippen molar-refractivity contribution in [2.75, 3.05) is 13.1 Å². The molecule has 0 aromatic heterocycles. The van der Waals surface area contributed by atoms with Crippen molar-refractivity contribution in [1.29, 1.82) is 0 Å². The summed E-state index contributed by atoms with van der Waals surface area (Å²) in [5, 5.41) is 2.75. The van der Waals surface area contributed by atoms with Crippen LogP contribution in [-0.2, 0) is 10.0 Å². The van der Waals surface area contributed by atoms with Gasteiger partial charge < -0.3 is 5.32 Å². The zero-order valence-electron chi connectivity index (χ0n) is 12.8. The Balaban J connectivity index is 2.70. The Bertz CT molecular complexity index is 551. The molecule has 118 valence electrons. The maximum absolute atomic E-state index is 12.1. The summed E-state index contributed by atoms with van der Waals surface area (Å²) in [5.41, 5.74) is 0.463. The van der Waals surface area contributed by atoms with Crippen molar-refractivity contribution in [1.82, 2.24) is 10.0 Å². The Kier molecular flexibility index (Phi) is 6.84. The van der Waals surface area contributed by atoms with Gasteiger partial charge in [0.15, 0.2) is 0 Å². The lowest BCUT2D eigenvalue weighted by Crippen LogP contribution is -2.26. The molecule has 0 radical (unpaired) electrons. The topological polar surface area (TPSA) is 75.3 Å². The van der Waals surface area contributed by atoms with Crippen molar-refractivity contribution in [2.45, 2.75) is 38.5 Å². The summed E-state index contributed by atoms with van der Waals surface area (Å²) < 4.78 is 26.7. The van der Waals surface area contributed by atoms with Crippen LogP contribution in [0.5, 0.6) is 0 Å². The molecule has 1 rings (SSSR count). The Hall–Kier alpha value is -1.40. The van der Waals surface area contributed by atoms with Crippen LogP contribution in [0, 0.1) is 5.92 Å². The van der Waals surface area contributed by atoms with Crippen LogP contribution < -0.4 is 10.0 Å². The first-order chi connectivity index (χ1) is 9.86. The molecule has 1 amide bonds. The quantitative estimate of drug-likeness (QED) is 0.772. The second kappa shape index (κ2) is 8.14. The van der Waals surface area contributed by atoms with Gasteiger partial charge in [-0.15, -0.1) is 0 Å². The van der Waals surface area contributed by atoms with Gasteiger partial charge in [-0.05, 0) is 43.0 Å². The third-order valence-corrected chi connectivity index (χ3v) is 4.45. The van der Waals surface area contributed by atoms with Crippen LogP contribution in [0.4, 0.5) is 0 Å². The van der Waals surface area contributed by atoms with Crippen LogP contribution >= 0.6 is 0 Å². The molecule has 1 aromatic rings. The number of carbonyl (C=O) groups is 1. The van der Waals surface area contributed by atoms with Crippen molar-refractivity contribution in [2.24, 2.45) is 5.92 Å². The minimum absolute atomic E-state index is 0.179. The molecule has 0 aliphatic rings. The van der Waals surface area contributed by atoms with Crippen LogP contribution in [0.25, 0.3) is 0 Å². The summed E-state index contributed by atoms with van der Waals surface area (Å²) in [6, 6.07) is 5.97. The molecular weight excluding hydrogens is 288 g/mol. The SMILES string of the molecule is CCCNC(=O)c1ccc(S(=O)(=O)NCCC(C)C)cc1. The number of benzene rings is 1. The molecule has 0 atom stereocenters. The predicted molar refractivity (Wildman–Crippen MR) is 83.7 cm³/mol. The van der Waals surface area contributed by atoms with E-state index in [1.807, 2.05) is 20.8 Å². The fraction of sp³-hybridized carbons (Fsp3) is 0.533. The lowest BCUT2D eigenvalue weighted by atomic mass is 10.1. The molecule has 0 spiro atoms. The third-order valence-electron chi connectivity index (χ3n) is 2.98. The van der Waals surface area contributed by atoms with E-state index in [1.54, 1.807) is 0 Å². The van der Waals surface area contributed by atoms with E-state index in [0.29, 0.717) is 24.6 Å². The first-order valence-corrected chi connectivity index (χ1v) is 8.73. The van der Waals surface area contributed by atoms with E-state index >= 15 is 0 Å². The predicted octanol–water partition coefficient (Wildman–Crippen LogP) is 2.15. The number of amides is 1. The third kappa shape index (κ3) is 5.85. The zero-order chi connectivity index (χ0) is 15.9. The van der Waals surface area contributed by atoms with Crippen LogP contribution in [-0.4, -0.2) is 27.4 Å². The molecule has 2 N–H and O–H groups in total. The minimum atomic E-state index is -3.50. The average molecular weight is 312 g/mol. The Labute approximate surface area is 127 Å². The average Bonchev–Trinajstić information content (AvgIpc) is 2.44. The standard InChI is InChI=1S/C15H24N2O3S/c1-4-10-16-15(18)13-5-7-14(8-6-13)21(19,20)17-11-9-12(2)3/h5-8,12,17H,4,9-11H2,1-3H3,(H,16,18). The summed E-state index contributed by atoms with van der Waals surface area (Å²) in [6.45, 7) is 7.07. The highest BCUT2D eigenvalue weighted by Gasteiger charge is 2.14. The molecule has 1 aromatic carbocycles. The van der Waals surface area contributed by atoms with Gasteiger partial charge in [-0.1, -0.05) is 20.8 Å². The van der Waals surface area contributed by atoms with Crippen molar-refractivity contribution in [3.63, 3.8) is 0 Å². The first kappa shape index (κ1) is 17.7. The molecule has 5 nitrogen and oxygen atoms in total. The van der Waals surface area contributed by atoms with E-state index in [1.165, 1.54) is 24.3 Å². The molecule has 0 saturated heterocycles. The summed E-state index contributed by atoms with van der Waals surface area (Å²) in [6.07, 6.45) is 1.65. The highest BCUT2D eigenvalue weighted by molar-refractivity contribution is 7.89. The van der Waals surface area contributed by atoms with E-state index in [4.69, 9.17) is 0 Å². The van der Waals surface area contributed by atoms with Gasteiger partial charge in [-0.3, -0.25) is 4.79 Å². The van der Waals surface area contributed by atoms with E-state index in [0.717, 1.165) is 12.8 Å². The Morgan fingerprint density at radius 3 is 2.29 bits per heavy atom. The number of sulfonamides is 1. The highest BCUT2D eigenvalue weighted by Crippen LogP contribution is 2.11. The normalized spacial score (nSPS) is 11.6. The summed E-state index contributed by atoms with van der Waals surface area (Å²) in [5.74, 6) is 0.255. The Morgan fingerprint density at radius 2 is 1.76 bits per heavy atom. The first-order valence-electron chi connectivity index (χ1n) is 7.24.